The second-order valence-electron chi connectivity index (χ2n) is 4.85. The number of hydrogen-bond donors (Lipinski definition) is 0. The van der Waals surface area contributed by atoms with Gasteiger partial charge in [0, 0.05) is 0 Å². The van der Waals surface area contributed by atoms with E-state index in [-0.39, 0.29) is 0 Å². The van der Waals surface area contributed by atoms with E-state index in [1.54, 1.807) is 0 Å². The van der Waals surface area contributed by atoms with Crippen LogP contribution >= 0.6 is 0 Å². The van der Waals surface area contributed by atoms with Crippen LogP contribution in [0.5, 0.6) is 0 Å². The predicted octanol–water partition coefficient (Wildman–Crippen LogP) is 5.28. The van der Waals surface area contributed by atoms with Crippen molar-refractivity contribution in [1.82, 2.24) is 0 Å². The Morgan fingerprint density at radius 2 is 1.43 bits per heavy atom. The van der Waals surface area contributed by atoms with Crippen molar-refractivity contribution in [3.8, 4) is 0 Å². The summed E-state index contributed by atoms with van der Waals surface area (Å²) in [5.41, 5.74) is 0. The number of hydrogen-bond acceptors (Lipinski definition) is 0. The van der Waals surface area contributed by atoms with Gasteiger partial charge in [-0.3, -0.25) is 0 Å². The Morgan fingerprint density at radius 1 is 0.857 bits per heavy atom. The minimum atomic E-state index is 0.935. The van der Waals surface area contributed by atoms with Crippen LogP contribution in [0.25, 0.3) is 0 Å². The standard InChI is InChI=1S/C14H30/c1-6-10-14(9-4)12(5)11-13(7-2)8-3/h12-14H,6-11H2,1-5H3. The molecule has 0 aromatic heterocycles. The third-order valence-electron chi connectivity index (χ3n) is 3.85. The van der Waals surface area contributed by atoms with Gasteiger partial charge in [-0.15, -0.1) is 0 Å². The average Bonchev–Trinajstić information content (AvgIpc) is 2.22. The molecular weight excluding hydrogens is 168 g/mol. The summed E-state index contributed by atoms with van der Waals surface area (Å²) in [6, 6.07) is 0. The van der Waals surface area contributed by atoms with Gasteiger partial charge in [-0.05, 0) is 24.2 Å². The second-order valence-corrected chi connectivity index (χ2v) is 4.85. The van der Waals surface area contributed by atoms with E-state index in [1.807, 2.05) is 0 Å². The van der Waals surface area contributed by atoms with Gasteiger partial charge in [0.2, 0.25) is 0 Å². The molecule has 14 heavy (non-hydrogen) atoms. The monoisotopic (exact) mass is 198 g/mol. The van der Waals surface area contributed by atoms with Crippen molar-refractivity contribution < 1.29 is 0 Å². The molecule has 0 saturated heterocycles. The van der Waals surface area contributed by atoms with Gasteiger partial charge in [0.25, 0.3) is 0 Å². The molecule has 86 valence electrons. The molecule has 0 aromatic carbocycles. The molecule has 0 spiro atoms. The van der Waals surface area contributed by atoms with Gasteiger partial charge in [0.15, 0.2) is 0 Å². The molecule has 0 bridgehead atoms. The van der Waals surface area contributed by atoms with E-state index in [2.05, 4.69) is 34.6 Å². The maximum Gasteiger partial charge on any atom is -0.0391 e. The fraction of sp³-hybridized carbons (Fsp3) is 1.00. The van der Waals surface area contributed by atoms with Gasteiger partial charge in [-0.2, -0.15) is 0 Å². The summed E-state index contributed by atoms with van der Waals surface area (Å²) in [6.45, 7) is 11.8. The summed E-state index contributed by atoms with van der Waals surface area (Å²) in [7, 11) is 0. The SMILES string of the molecule is CCCC(CC)C(C)CC(CC)CC. The van der Waals surface area contributed by atoms with Crippen molar-refractivity contribution in [2.75, 3.05) is 0 Å². The van der Waals surface area contributed by atoms with Gasteiger partial charge in [-0.1, -0.05) is 66.7 Å². The van der Waals surface area contributed by atoms with E-state index in [1.165, 1.54) is 38.5 Å². The maximum atomic E-state index is 2.46. The zero-order chi connectivity index (χ0) is 11.0. The highest BCUT2D eigenvalue weighted by molar-refractivity contribution is 4.68. The Kier molecular flexibility index (Phi) is 8.32. The summed E-state index contributed by atoms with van der Waals surface area (Å²) < 4.78 is 0. The Hall–Kier alpha value is 0. The lowest BCUT2D eigenvalue weighted by Crippen LogP contribution is -2.14. The van der Waals surface area contributed by atoms with Gasteiger partial charge in [-0.25, -0.2) is 0 Å². The Morgan fingerprint density at radius 3 is 1.79 bits per heavy atom. The summed E-state index contributed by atoms with van der Waals surface area (Å²) >= 11 is 0. The van der Waals surface area contributed by atoms with E-state index >= 15 is 0 Å². The van der Waals surface area contributed by atoms with Gasteiger partial charge < -0.3 is 0 Å². The lowest BCUT2D eigenvalue weighted by molar-refractivity contribution is 0.257. The highest BCUT2D eigenvalue weighted by Crippen LogP contribution is 2.29. The van der Waals surface area contributed by atoms with Gasteiger partial charge in [0.1, 0.15) is 0 Å². The van der Waals surface area contributed by atoms with Crippen LogP contribution in [0.2, 0.25) is 0 Å². The third kappa shape index (κ3) is 5.02. The van der Waals surface area contributed by atoms with E-state index in [9.17, 15) is 0 Å². The lowest BCUT2D eigenvalue weighted by Gasteiger charge is -2.25. The molecule has 0 N–H and O–H groups in total. The van der Waals surface area contributed by atoms with Crippen molar-refractivity contribution in [1.29, 1.82) is 0 Å². The first kappa shape index (κ1) is 14.0. The zero-order valence-corrected chi connectivity index (χ0v) is 11.0. The van der Waals surface area contributed by atoms with Crippen molar-refractivity contribution in [2.45, 2.75) is 73.1 Å². The molecule has 0 amide bonds. The fourth-order valence-corrected chi connectivity index (χ4v) is 2.60. The van der Waals surface area contributed by atoms with E-state index in [0.29, 0.717) is 0 Å². The average molecular weight is 198 g/mol. The highest BCUT2D eigenvalue weighted by atomic mass is 14.2. The van der Waals surface area contributed by atoms with Gasteiger partial charge in [0.05, 0.1) is 0 Å². The van der Waals surface area contributed by atoms with E-state index in [0.717, 1.165) is 17.8 Å². The quantitative estimate of drug-likeness (QED) is 0.498. The molecule has 0 aliphatic heterocycles. The normalized spacial score (nSPS) is 15.9. The Labute approximate surface area is 91.5 Å². The summed E-state index contributed by atoms with van der Waals surface area (Å²) in [6.07, 6.45) is 8.33. The lowest BCUT2D eigenvalue weighted by atomic mass is 9.80. The summed E-state index contributed by atoms with van der Waals surface area (Å²) in [4.78, 5) is 0. The molecule has 0 heteroatoms. The van der Waals surface area contributed by atoms with Gasteiger partial charge >= 0.3 is 0 Å². The van der Waals surface area contributed by atoms with Crippen molar-refractivity contribution in [3.63, 3.8) is 0 Å². The van der Waals surface area contributed by atoms with Crippen molar-refractivity contribution >= 4 is 0 Å². The second kappa shape index (κ2) is 8.32. The molecule has 0 aliphatic rings. The van der Waals surface area contributed by atoms with Crippen LogP contribution in [-0.2, 0) is 0 Å². The predicted molar refractivity (Wildman–Crippen MR) is 66.5 cm³/mol. The molecule has 0 heterocycles. The molecular formula is C14H30. The number of rotatable bonds is 8. The molecule has 0 radical (unpaired) electrons. The largest absolute Gasteiger partial charge is 0.0654 e. The molecule has 0 saturated carbocycles. The molecule has 0 fully saturated rings. The van der Waals surface area contributed by atoms with Crippen molar-refractivity contribution in [3.05, 3.63) is 0 Å². The first-order valence-corrected chi connectivity index (χ1v) is 6.69. The van der Waals surface area contributed by atoms with Crippen LogP contribution in [0.15, 0.2) is 0 Å². The smallest absolute Gasteiger partial charge is 0.0391 e. The van der Waals surface area contributed by atoms with Crippen LogP contribution in [0.4, 0.5) is 0 Å². The molecule has 2 unspecified atom stereocenters. The first-order chi connectivity index (χ1) is 6.69. The maximum absolute atomic E-state index is 2.46. The molecule has 0 aromatic rings. The minimum Gasteiger partial charge on any atom is -0.0654 e. The molecule has 0 rings (SSSR count). The molecule has 0 aliphatic carbocycles. The topological polar surface area (TPSA) is 0 Å². The Balaban J connectivity index is 3.94. The van der Waals surface area contributed by atoms with E-state index in [4.69, 9.17) is 0 Å². The summed E-state index contributed by atoms with van der Waals surface area (Å²) in [5, 5.41) is 0. The molecule has 2 atom stereocenters. The fourth-order valence-electron chi connectivity index (χ4n) is 2.60. The highest BCUT2D eigenvalue weighted by Gasteiger charge is 2.17. The van der Waals surface area contributed by atoms with Crippen LogP contribution in [0.1, 0.15) is 73.1 Å². The van der Waals surface area contributed by atoms with Crippen LogP contribution in [-0.4, -0.2) is 0 Å². The van der Waals surface area contributed by atoms with Crippen LogP contribution < -0.4 is 0 Å². The minimum absolute atomic E-state index is 0.935. The Bertz CT molecular complexity index is 113. The van der Waals surface area contributed by atoms with Crippen LogP contribution in [0.3, 0.4) is 0 Å². The van der Waals surface area contributed by atoms with Crippen LogP contribution in [0, 0.1) is 17.8 Å². The van der Waals surface area contributed by atoms with E-state index < -0.39 is 0 Å². The third-order valence-corrected chi connectivity index (χ3v) is 3.85. The van der Waals surface area contributed by atoms with Crippen molar-refractivity contribution in [2.24, 2.45) is 17.8 Å². The summed E-state index contributed by atoms with van der Waals surface area (Å²) in [5.74, 6) is 2.88. The zero-order valence-electron chi connectivity index (χ0n) is 11.0. The molecule has 0 nitrogen and oxygen atoms in total. The first-order valence-electron chi connectivity index (χ1n) is 6.69.